The van der Waals surface area contributed by atoms with Gasteiger partial charge in [0.2, 0.25) is 0 Å². The summed E-state index contributed by atoms with van der Waals surface area (Å²) in [5.41, 5.74) is -0.0785. The molecule has 2 fully saturated rings. The molecule has 1 saturated carbocycles. The number of aliphatic hydroxyl groups excluding tert-OH is 1. The van der Waals surface area contributed by atoms with Gasteiger partial charge in [0, 0.05) is 25.6 Å². The first-order chi connectivity index (χ1) is 9.07. The van der Waals surface area contributed by atoms with Gasteiger partial charge in [0.15, 0.2) is 0 Å². The molecule has 0 spiro atoms. The molecule has 1 aromatic rings. The van der Waals surface area contributed by atoms with Crippen LogP contribution in [-0.4, -0.2) is 35.6 Å². The second-order valence-electron chi connectivity index (χ2n) is 5.95. The Morgan fingerprint density at radius 3 is 2.68 bits per heavy atom. The summed E-state index contributed by atoms with van der Waals surface area (Å²) in [6.45, 7) is 1.00. The quantitative estimate of drug-likeness (QED) is 0.909. The van der Waals surface area contributed by atoms with Crippen LogP contribution in [0.15, 0.2) is 30.3 Å². The van der Waals surface area contributed by atoms with E-state index < -0.39 is 23.9 Å². The minimum absolute atomic E-state index is 0.294. The number of rotatable bonds is 3. The minimum atomic E-state index is -2.71. The zero-order valence-electron chi connectivity index (χ0n) is 10.9. The molecular formula is C15H19F2NO. The van der Waals surface area contributed by atoms with E-state index >= 15 is 0 Å². The Morgan fingerprint density at radius 1 is 1.26 bits per heavy atom. The van der Waals surface area contributed by atoms with Crippen molar-refractivity contribution in [2.75, 3.05) is 19.7 Å². The van der Waals surface area contributed by atoms with E-state index in [9.17, 15) is 13.9 Å². The monoisotopic (exact) mass is 267 g/mol. The lowest BCUT2D eigenvalue weighted by atomic mass is 9.79. The second-order valence-corrected chi connectivity index (χ2v) is 5.95. The first-order valence-electron chi connectivity index (χ1n) is 6.82. The molecule has 2 atom stereocenters. The van der Waals surface area contributed by atoms with Crippen LogP contribution in [0.3, 0.4) is 0 Å². The topological polar surface area (TPSA) is 23.5 Å². The van der Waals surface area contributed by atoms with Crippen molar-refractivity contribution in [2.45, 2.75) is 25.3 Å². The summed E-state index contributed by atoms with van der Waals surface area (Å²) < 4.78 is 28.5. The largest absolute Gasteiger partial charge is 0.396 e. The molecule has 1 aliphatic heterocycles. The highest BCUT2D eigenvalue weighted by Gasteiger charge is 2.65. The van der Waals surface area contributed by atoms with Gasteiger partial charge in [0.05, 0.1) is 12.0 Å². The Balaban J connectivity index is 1.78. The fourth-order valence-corrected chi connectivity index (χ4v) is 3.62. The van der Waals surface area contributed by atoms with Crippen LogP contribution < -0.4 is 0 Å². The summed E-state index contributed by atoms with van der Waals surface area (Å²) in [6, 6.07) is 9.90. The fraction of sp³-hybridized carbons (Fsp3) is 0.600. The first-order valence-corrected chi connectivity index (χ1v) is 6.82. The Kier molecular flexibility index (Phi) is 3.10. The average Bonchev–Trinajstić information content (AvgIpc) is 2.56. The van der Waals surface area contributed by atoms with Crippen molar-refractivity contribution >= 4 is 0 Å². The van der Waals surface area contributed by atoms with Gasteiger partial charge in [-0.1, -0.05) is 30.3 Å². The number of hydrogen-bond acceptors (Lipinski definition) is 2. The zero-order valence-corrected chi connectivity index (χ0v) is 10.9. The highest BCUT2D eigenvalue weighted by molar-refractivity contribution is 5.16. The molecule has 1 aromatic carbocycles. The molecular weight excluding hydrogens is 248 g/mol. The predicted molar refractivity (Wildman–Crippen MR) is 68.9 cm³/mol. The van der Waals surface area contributed by atoms with Crippen molar-refractivity contribution in [2.24, 2.45) is 11.3 Å². The lowest BCUT2D eigenvalue weighted by Gasteiger charge is -2.45. The van der Waals surface area contributed by atoms with E-state index in [4.69, 9.17) is 0 Å². The van der Waals surface area contributed by atoms with Gasteiger partial charge < -0.3 is 5.11 Å². The van der Waals surface area contributed by atoms with E-state index in [1.807, 2.05) is 30.3 Å². The van der Waals surface area contributed by atoms with Crippen LogP contribution in [-0.2, 0) is 6.54 Å². The Labute approximate surface area is 112 Å². The van der Waals surface area contributed by atoms with E-state index in [1.54, 1.807) is 0 Å². The van der Waals surface area contributed by atoms with Gasteiger partial charge >= 0.3 is 0 Å². The van der Waals surface area contributed by atoms with Crippen molar-refractivity contribution in [3.63, 3.8) is 0 Å². The van der Waals surface area contributed by atoms with Crippen LogP contribution >= 0.6 is 0 Å². The number of nitrogens with zero attached hydrogens (tertiary/aromatic N) is 1. The molecule has 0 amide bonds. The molecule has 0 aromatic heterocycles. The molecule has 4 heteroatoms. The maximum absolute atomic E-state index is 14.2. The molecule has 2 nitrogen and oxygen atoms in total. The third kappa shape index (κ3) is 1.98. The highest BCUT2D eigenvalue weighted by atomic mass is 19.3. The number of likely N-dealkylation sites (tertiary alicyclic amines) is 1. The summed E-state index contributed by atoms with van der Waals surface area (Å²) in [5, 5.41) is 9.48. The fourth-order valence-electron chi connectivity index (χ4n) is 3.62. The molecule has 3 rings (SSSR count). The zero-order chi connectivity index (χ0) is 13.5. The van der Waals surface area contributed by atoms with Crippen molar-refractivity contribution < 1.29 is 13.9 Å². The molecule has 19 heavy (non-hydrogen) atoms. The van der Waals surface area contributed by atoms with E-state index in [0.717, 1.165) is 5.56 Å². The molecule has 0 unspecified atom stereocenters. The number of piperidine rings is 1. The lowest BCUT2D eigenvalue weighted by molar-refractivity contribution is -0.185. The molecule has 104 valence electrons. The molecule has 1 saturated heterocycles. The number of aliphatic hydroxyl groups is 1. The number of hydrogen-bond donors (Lipinski definition) is 1. The number of benzene rings is 1. The average molecular weight is 267 g/mol. The smallest absolute Gasteiger partial charge is 0.261 e. The maximum Gasteiger partial charge on any atom is 0.261 e. The predicted octanol–water partition coefficient (Wildman–Crippen LogP) is 2.53. The summed E-state index contributed by atoms with van der Waals surface area (Å²) >= 11 is 0. The highest BCUT2D eigenvalue weighted by Crippen LogP contribution is 2.56. The Morgan fingerprint density at radius 2 is 2.00 bits per heavy atom. The van der Waals surface area contributed by atoms with Gasteiger partial charge in [-0.15, -0.1) is 0 Å². The van der Waals surface area contributed by atoms with Crippen LogP contribution in [0.4, 0.5) is 8.78 Å². The van der Waals surface area contributed by atoms with Gasteiger partial charge in [0.1, 0.15) is 0 Å². The molecule has 1 aliphatic carbocycles. The van der Waals surface area contributed by atoms with E-state index in [1.165, 1.54) is 0 Å². The first kappa shape index (κ1) is 13.0. The van der Waals surface area contributed by atoms with Crippen LogP contribution in [0.2, 0.25) is 0 Å². The SMILES string of the molecule is OC[C@@]12CC[C@@H](CN(Cc3ccccc3)C1)C2(F)F. The Hall–Kier alpha value is -1.00. The normalized spacial score (nSPS) is 33.5. The van der Waals surface area contributed by atoms with Crippen molar-refractivity contribution in [3.05, 3.63) is 35.9 Å². The lowest BCUT2D eigenvalue weighted by Crippen LogP contribution is -2.57. The number of halogens is 2. The third-order valence-electron chi connectivity index (χ3n) is 4.75. The van der Waals surface area contributed by atoms with E-state index in [2.05, 4.69) is 4.90 Å². The summed E-state index contributed by atoms with van der Waals surface area (Å²) in [4.78, 5) is 2.07. The molecule has 2 bridgehead atoms. The van der Waals surface area contributed by atoms with Crippen LogP contribution in [0.5, 0.6) is 0 Å². The third-order valence-corrected chi connectivity index (χ3v) is 4.75. The molecule has 1 N–H and O–H groups in total. The number of fused-ring (bicyclic) bond motifs is 2. The second kappa shape index (κ2) is 4.53. The van der Waals surface area contributed by atoms with Crippen molar-refractivity contribution in [1.82, 2.24) is 4.90 Å². The van der Waals surface area contributed by atoms with Crippen LogP contribution in [0, 0.1) is 11.3 Å². The Bertz CT molecular complexity index is 451. The van der Waals surface area contributed by atoms with Crippen LogP contribution in [0.1, 0.15) is 18.4 Å². The minimum Gasteiger partial charge on any atom is -0.396 e. The van der Waals surface area contributed by atoms with Gasteiger partial charge in [-0.25, -0.2) is 8.78 Å². The maximum atomic E-state index is 14.2. The van der Waals surface area contributed by atoms with E-state index in [-0.39, 0.29) is 0 Å². The van der Waals surface area contributed by atoms with Gasteiger partial charge in [-0.2, -0.15) is 0 Å². The molecule has 1 heterocycles. The molecule has 0 radical (unpaired) electrons. The summed E-state index contributed by atoms with van der Waals surface area (Å²) in [6.07, 6.45) is 0.964. The van der Waals surface area contributed by atoms with Crippen LogP contribution in [0.25, 0.3) is 0 Å². The van der Waals surface area contributed by atoms with Crippen molar-refractivity contribution in [1.29, 1.82) is 0 Å². The van der Waals surface area contributed by atoms with Crippen molar-refractivity contribution in [3.8, 4) is 0 Å². The van der Waals surface area contributed by atoms with E-state index in [0.29, 0.717) is 32.5 Å². The summed E-state index contributed by atoms with van der Waals surface area (Å²) in [7, 11) is 0. The van der Waals surface area contributed by atoms with Gasteiger partial charge in [-0.05, 0) is 18.4 Å². The number of alkyl halides is 2. The van der Waals surface area contributed by atoms with Gasteiger partial charge in [0.25, 0.3) is 5.92 Å². The summed E-state index contributed by atoms with van der Waals surface area (Å²) in [5.74, 6) is -3.31. The van der Waals surface area contributed by atoms with Gasteiger partial charge in [-0.3, -0.25) is 4.90 Å². The molecule has 2 aliphatic rings. The standard InChI is InChI=1S/C15H19F2NO/c16-15(17)13-6-7-14(15,11-19)10-18(9-13)8-12-4-2-1-3-5-12/h1-5,13,19H,6-11H2/t13-,14+/m0/s1.